The Hall–Kier alpha value is -2.64. The van der Waals surface area contributed by atoms with Gasteiger partial charge in [-0.2, -0.15) is 0 Å². The number of aromatic nitrogens is 3. The van der Waals surface area contributed by atoms with Gasteiger partial charge in [0.15, 0.2) is 5.16 Å². The number of rotatable bonds is 8. The van der Waals surface area contributed by atoms with Crippen LogP contribution in [0.15, 0.2) is 66.1 Å². The van der Waals surface area contributed by atoms with Gasteiger partial charge in [-0.05, 0) is 23.3 Å². The minimum absolute atomic E-state index is 0.0511. The second-order valence-electron chi connectivity index (χ2n) is 5.59. The fourth-order valence-corrected chi connectivity index (χ4v) is 3.25. The molecule has 0 aliphatic carbocycles. The summed E-state index contributed by atoms with van der Waals surface area (Å²) in [6.07, 6.45) is 1.65. The molecule has 0 saturated carbocycles. The summed E-state index contributed by atoms with van der Waals surface area (Å²) in [4.78, 5) is 12.2. The third kappa shape index (κ3) is 4.71. The second-order valence-corrected chi connectivity index (χ2v) is 6.53. The van der Waals surface area contributed by atoms with Gasteiger partial charge in [0, 0.05) is 19.3 Å². The molecular weight excluding hydrogens is 348 g/mol. The molecule has 0 saturated heterocycles. The summed E-state index contributed by atoms with van der Waals surface area (Å²) in [6.45, 7) is 1.01. The third-order valence-electron chi connectivity index (χ3n) is 3.78. The fraction of sp³-hybridized carbons (Fsp3) is 0.211. The number of ether oxygens (including phenoxy) is 1. The number of hydrogen-bond acceptors (Lipinski definition) is 5. The molecule has 1 N–H and O–H groups in total. The molecule has 0 bridgehead atoms. The van der Waals surface area contributed by atoms with Crippen LogP contribution in [0.4, 0.5) is 0 Å². The van der Waals surface area contributed by atoms with Crippen LogP contribution in [0.3, 0.4) is 0 Å². The minimum atomic E-state index is -0.0511. The highest BCUT2D eigenvalue weighted by Gasteiger charge is 2.10. The van der Waals surface area contributed by atoms with Crippen LogP contribution in [0.1, 0.15) is 11.1 Å². The first-order valence-electron chi connectivity index (χ1n) is 8.18. The number of para-hydroxylation sites is 1. The van der Waals surface area contributed by atoms with E-state index in [2.05, 4.69) is 15.5 Å². The lowest BCUT2D eigenvalue weighted by Gasteiger charge is -2.10. The van der Waals surface area contributed by atoms with E-state index in [-0.39, 0.29) is 11.7 Å². The Morgan fingerprint density at radius 1 is 1.12 bits per heavy atom. The minimum Gasteiger partial charge on any atom is -0.380 e. The normalized spacial score (nSPS) is 10.7. The van der Waals surface area contributed by atoms with E-state index in [1.165, 1.54) is 11.8 Å². The average molecular weight is 368 g/mol. The molecule has 0 unspecified atom stereocenters. The maximum absolute atomic E-state index is 12.2. The summed E-state index contributed by atoms with van der Waals surface area (Å²) >= 11 is 1.36. The zero-order chi connectivity index (χ0) is 18.2. The van der Waals surface area contributed by atoms with Crippen molar-refractivity contribution in [1.29, 1.82) is 0 Å². The predicted octanol–water partition coefficient (Wildman–Crippen LogP) is 2.82. The fourth-order valence-electron chi connectivity index (χ4n) is 2.49. The molecule has 0 aliphatic rings. The van der Waals surface area contributed by atoms with E-state index in [0.717, 1.165) is 16.8 Å². The molecule has 3 rings (SSSR count). The maximum atomic E-state index is 12.2. The number of nitrogens with one attached hydrogen (secondary N) is 1. The molecule has 0 spiro atoms. The SMILES string of the molecule is COCc1ccccc1CNC(=O)CSc1nncn1-c1ccccc1. The summed E-state index contributed by atoms with van der Waals surface area (Å²) in [5.74, 6) is 0.225. The summed E-state index contributed by atoms with van der Waals surface area (Å²) in [5, 5.41) is 11.7. The smallest absolute Gasteiger partial charge is 0.230 e. The first-order valence-corrected chi connectivity index (χ1v) is 9.17. The van der Waals surface area contributed by atoms with Crippen molar-refractivity contribution in [3.05, 3.63) is 72.1 Å². The molecule has 0 aliphatic heterocycles. The molecule has 6 nitrogen and oxygen atoms in total. The van der Waals surface area contributed by atoms with E-state index >= 15 is 0 Å². The highest BCUT2D eigenvalue weighted by molar-refractivity contribution is 7.99. The third-order valence-corrected chi connectivity index (χ3v) is 4.72. The molecule has 1 heterocycles. The van der Waals surface area contributed by atoms with Gasteiger partial charge < -0.3 is 10.1 Å². The number of carbonyl (C=O) groups is 1. The molecule has 134 valence electrons. The number of nitrogens with zero attached hydrogens (tertiary/aromatic N) is 3. The van der Waals surface area contributed by atoms with Crippen LogP contribution in [0.5, 0.6) is 0 Å². The molecular formula is C19H20N4O2S. The maximum Gasteiger partial charge on any atom is 0.230 e. The van der Waals surface area contributed by atoms with E-state index in [0.29, 0.717) is 18.3 Å². The lowest BCUT2D eigenvalue weighted by atomic mass is 10.1. The molecule has 0 fully saturated rings. The van der Waals surface area contributed by atoms with Gasteiger partial charge >= 0.3 is 0 Å². The Labute approximate surface area is 156 Å². The number of methoxy groups -OCH3 is 1. The lowest BCUT2D eigenvalue weighted by molar-refractivity contribution is -0.118. The van der Waals surface area contributed by atoms with Crippen molar-refractivity contribution in [2.24, 2.45) is 0 Å². The second kappa shape index (κ2) is 9.17. The van der Waals surface area contributed by atoms with Crippen molar-refractivity contribution < 1.29 is 9.53 Å². The van der Waals surface area contributed by atoms with Gasteiger partial charge in [-0.15, -0.1) is 10.2 Å². The van der Waals surface area contributed by atoms with Crippen molar-refractivity contribution in [3.63, 3.8) is 0 Å². The monoisotopic (exact) mass is 368 g/mol. The van der Waals surface area contributed by atoms with E-state index in [4.69, 9.17) is 4.74 Å². The van der Waals surface area contributed by atoms with Crippen LogP contribution in [0.2, 0.25) is 0 Å². The molecule has 3 aromatic rings. The van der Waals surface area contributed by atoms with Crippen molar-refractivity contribution in [3.8, 4) is 5.69 Å². The summed E-state index contributed by atoms with van der Waals surface area (Å²) in [7, 11) is 1.66. The molecule has 2 aromatic carbocycles. The molecule has 1 amide bonds. The van der Waals surface area contributed by atoms with E-state index < -0.39 is 0 Å². The molecule has 1 aromatic heterocycles. The van der Waals surface area contributed by atoms with Crippen LogP contribution in [-0.2, 0) is 22.7 Å². The standard InChI is InChI=1S/C19H20N4O2S/c1-25-12-16-8-6-5-7-15(16)11-20-18(24)13-26-19-22-21-14-23(19)17-9-3-2-4-10-17/h2-10,14H,11-13H2,1H3,(H,20,24). The first kappa shape index (κ1) is 18.2. The average Bonchev–Trinajstić information content (AvgIpc) is 3.15. The Bertz CT molecular complexity index is 852. The summed E-state index contributed by atoms with van der Waals surface area (Å²) < 4.78 is 7.06. The Morgan fingerprint density at radius 3 is 2.62 bits per heavy atom. The van der Waals surface area contributed by atoms with Crippen molar-refractivity contribution in [2.75, 3.05) is 12.9 Å². The summed E-state index contributed by atoms with van der Waals surface area (Å²) in [6, 6.07) is 17.7. The van der Waals surface area contributed by atoms with Gasteiger partial charge in [0.2, 0.25) is 5.91 Å². The van der Waals surface area contributed by atoms with E-state index in [9.17, 15) is 4.79 Å². The van der Waals surface area contributed by atoms with Gasteiger partial charge in [-0.3, -0.25) is 9.36 Å². The highest BCUT2D eigenvalue weighted by Crippen LogP contribution is 2.19. The Balaban J connectivity index is 1.55. The number of carbonyl (C=O) groups excluding carboxylic acids is 1. The molecule has 7 heteroatoms. The van der Waals surface area contributed by atoms with Crippen LogP contribution in [0.25, 0.3) is 5.69 Å². The van der Waals surface area contributed by atoms with Gasteiger partial charge in [0.25, 0.3) is 0 Å². The van der Waals surface area contributed by atoms with E-state index in [1.807, 2.05) is 59.2 Å². The Kier molecular flexibility index (Phi) is 6.40. The largest absolute Gasteiger partial charge is 0.380 e. The Morgan fingerprint density at radius 2 is 1.85 bits per heavy atom. The quantitative estimate of drug-likeness (QED) is 0.619. The first-order chi connectivity index (χ1) is 12.8. The van der Waals surface area contributed by atoms with Crippen LogP contribution >= 0.6 is 11.8 Å². The van der Waals surface area contributed by atoms with Crippen molar-refractivity contribution in [1.82, 2.24) is 20.1 Å². The van der Waals surface area contributed by atoms with Gasteiger partial charge in [-0.25, -0.2) is 0 Å². The molecule has 0 atom stereocenters. The number of hydrogen-bond donors (Lipinski definition) is 1. The van der Waals surface area contributed by atoms with Gasteiger partial charge in [0.05, 0.1) is 12.4 Å². The zero-order valence-corrected chi connectivity index (χ0v) is 15.3. The number of benzene rings is 2. The van der Waals surface area contributed by atoms with Crippen LogP contribution < -0.4 is 5.32 Å². The van der Waals surface area contributed by atoms with Gasteiger partial charge in [-0.1, -0.05) is 54.2 Å². The van der Waals surface area contributed by atoms with E-state index in [1.54, 1.807) is 13.4 Å². The van der Waals surface area contributed by atoms with Crippen molar-refractivity contribution in [2.45, 2.75) is 18.3 Å². The number of thioether (sulfide) groups is 1. The van der Waals surface area contributed by atoms with Gasteiger partial charge in [0.1, 0.15) is 6.33 Å². The topological polar surface area (TPSA) is 69.0 Å². The molecule has 26 heavy (non-hydrogen) atoms. The van der Waals surface area contributed by atoms with Crippen LogP contribution in [0, 0.1) is 0 Å². The summed E-state index contributed by atoms with van der Waals surface area (Å²) in [5.41, 5.74) is 3.10. The lowest BCUT2D eigenvalue weighted by Crippen LogP contribution is -2.25. The van der Waals surface area contributed by atoms with Crippen LogP contribution in [-0.4, -0.2) is 33.5 Å². The number of amides is 1. The molecule has 0 radical (unpaired) electrons. The zero-order valence-electron chi connectivity index (χ0n) is 14.5. The highest BCUT2D eigenvalue weighted by atomic mass is 32.2. The van der Waals surface area contributed by atoms with Crippen molar-refractivity contribution >= 4 is 17.7 Å². The predicted molar refractivity (Wildman–Crippen MR) is 101 cm³/mol.